The molecule has 0 amide bonds. The smallest absolute Gasteiger partial charge is 0.306 e. The van der Waals surface area contributed by atoms with Gasteiger partial charge in [0.1, 0.15) is 13.2 Å². The number of allylic oxidation sites excluding steroid dienone is 8. The molecular formula is C71H130O6. The Balaban J connectivity index is 4.36. The van der Waals surface area contributed by atoms with Gasteiger partial charge in [-0.05, 0) is 57.8 Å². The van der Waals surface area contributed by atoms with Crippen LogP contribution in [0.4, 0.5) is 0 Å². The summed E-state index contributed by atoms with van der Waals surface area (Å²) in [5.41, 5.74) is 0. The van der Waals surface area contributed by atoms with E-state index in [1.165, 1.54) is 257 Å². The average Bonchev–Trinajstić information content (AvgIpc) is 3.43. The fourth-order valence-electron chi connectivity index (χ4n) is 10.2. The summed E-state index contributed by atoms with van der Waals surface area (Å²) in [7, 11) is 0. The summed E-state index contributed by atoms with van der Waals surface area (Å²) in [5.74, 6) is -0.916. The van der Waals surface area contributed by atoms with Crippen molar-refractivity contribution in [3.8, 4) is 0 Å². The number of rotatable bonds is 63. The van der Waals surface area contributed by atoms with Crippen molar-refractivity contribution in [3.63, 3.8) is 0 Å². The van der Waals surface area contributed by atoms with Crippen molar-refractivity contribution in [3.05, 3.63) is 48.6 Å². The standard InChI is InChI=1S/C71H130O6/c1-4-7-10-13-16-19-22-25-28-31-33-35-37-40-43-46-49-52-55-58-61-64-70(73)76-67-68(66-75-69(72)63-60-57-54-51-48-45-42-39-30-27-24-21-18-15-12-9-6-3)77-71(74)65-62-59-56-53-50-47-44-41-38-36-34-32-29-26-23-20-17-14-11-8-5-2/h18,21,27,30,42,45,51,54,68H,4-17,19-20,22-26,28-29,31-41,43-44,46-50,52-53,55-67H2,1-3H3/b21-18-,30-27-,45-42-,54-51-/t68-/m1/s1. The summed E-state index contributed by atoms with van der Waals surface area (Å²) < 4.78 is 16.9. The van der Waals surface area contributed by atoms with Crippen LogP contribution >= 0.6 is 0 Å². The van der Waals surface area contributed by atoms with Gasteiger partial charge in [-0.3, -0.25) is 14.4 Å². The van der Waals surface area contributed by atoms with Crippen LogP contribution in [0.3, 0.4) is 0 Å². The fourth-order valence-corrected chi connectivity index (χ4v) is 10.2. The monoisotopic (exact) mass is 1080 g/mol. The van der Waals surface area contributed by atoms with Gasteiger partial charge in [0.15, 0.2) is 6.10 Å². The molecule has 0 heterocycles. The van der Waals surface area contributed by atoms with Gasteiger partial charge in [-0.25, -0.2) is 0 Å². The van der Waals surface area contributed by atoms with Gasteiger partial charge >= 0.3 is 17.9 Å². The lowest BCUT2D eigenvalue weighted by Crippen LogP contribution is -2.30. The second kappa shape index (κ2) is 65.9. The quantitative estimate of drug-likeness (QED) is 0.0261. The van der Waals surface area contributed by atoms with Crippen LogP contribution in [0.5, 0.6) is 0 Å². The Morgan fingerprint density at radius 3 is 0.779 bits per heavy atom. The Morgan fingerprint density at radius 1 is 0.260 bits per heavy atom. The third kappa shape index (κ3) is 64.1. The van der Waals surface area contributed by atoms with Crippen molar-refractivity contribution < 1.29 is 28.6 Å². The molecule has 1 atom stereocenters. The van der Waals surface area contributed by atoms with Crippen molar-refractivity contribution in [1.82, 2.24) is 0 Å². The minimum absolute atomic E-state index is 0.0847. The highest BCUT2D eigenvalue weighted by atomic mass is 16.6. The maximum atomic E-state index is 12.9. The molecule has 0 fully saturated rings. The van der Waals surface area contributed by atoms with Crippen LogP contribution in [0.2, 0.25) is 0 Å². The van der Waals surface area contributed by atoms with Gasteiger partial charge < -0.3 is 14.2 Å². The summed E-state index contributed by atoms with van der Waals surface area (Å²) >= 11 is 0. The lowest BCUT2D eigenvalue weighted by Gasteiger charge is -2.18. The van der Waals surface area contributed by atoms with Gasteiger partial charge in [0.05, 0.1) is 0 Å². The summed E-state index contributed by atoms with van der Waals surface area (Å²) in [6.45, 7) is 6.64. The largest absolute Gasteiger partial charge is 0.462 e. The van der Waals surface area contributed by atoms with E-state index in [0.717, 1.165) is 64.2 Å². The molecule has 0 aromatic carbocycles. The van der Waals surface area contributed by atoms with Crippen LogP contribution < -0.4 is 0 Å². The number of carbonyl (C=O) groups is 3. The zero-order valence-electron chi connectivity index (χ0n) is 51.7. The molecule has 6 heteroatoms. The first-order valence-corrected chi connectivity index (χ1v) is 34.1. The second-order valence-electron chi connectivity index (χ2n) is 23.1. The van der Waals surface area contributed by atoms with Gasteiger partial charge in [-0.1, -0.05) is 339 Å². The minimum atomic E-state index is -0.793. The van der Waals surface area contributed by atoms with Gasteiger partial charge in [0, 0.05) is 19.3 Å². The summed E-state index contributed by atoms with van der Waals surface area (Å²) in [6, 6.07) is 0. The Labute approximate surface area is 479 Å². The van der Waals surface area contributed by atoms with Crippen molar-refractivity contribution in [2.45, 2.75) is 374 Å². The van der Waals surface area contributed by atoms with Gasteiger partial charge in [-0.2, -0.15) is 0 Å². The minimum Gasteiger partial charge on any atom is -0.462 e. The molecule has 0 aliphatic rings. The molecule has 0 rings (SSSR count). The molecule has 0 saturated heterocycles. The molecule has 77 heavy (non-hydrogen) atoms. The molecule has 0 N–H and O–H groups in total. The maximum Gasteiger partial charge on any atom is 0.306 e. The van der Waals surface area contributed by atoms with E-state index >= 15 is 0 Å². The molecule has 0 unspecified atom stereocenters. The Hall–Kier alpha value is -2.63. The molecule has 6 nitrogen and oxygen atoms in total. The number of esters is 3. The second-order valence-corrected chi connectivity index (χ2v) is 23.1. The lowest BCUT2D eigenvalue weighted by atomic mass is 10.0. The highest BCUT2D eigenvalue weighted by Gasteiger charge is 2.19. The number of ether oxygens (including phenoxy) is 3. The van der Waals surface area contributed by atoms with Crippen molar-refractivity contribution in [1.29, 1.82) is 0 Å². The van der Waals surface area contributed by atoms with Gasteiger partial charge in [-0.15, -0.1) is 0 Å². The van der Waals surface area contributed by atoms with Crippen molar-refractivity contribution in [2.75, 3.05) is 13.2 Å². The first-order chi connectivity index (χ1) is 38.0. The first-order valence-electron chi connectivity index (χ1n) is 34.1. The normalized spacial score (nSPS) is 12.3. The molecular weight excluding hydrogens is 949 g/mol. The van der Waals surface area contributed by atoms with Crippen LogP contribution in [-0.2, 0) is 28.6 Å². The summed E-state index contributed by atoms with van der Waals surface area (Å²) in [4.78, 5) is 38.4. The van der Waals surface area contributed by atoms with Crippen LogP contribution in [0.25, 0.3) is 0 Å². The topological polar surface area (TPSA) is 78.9 Å². The Bertz CT molecular complexity index is 1330. The third-order valence-electron chi connectivity index (χ3n) is 15.3. The predicted octanol–water partition coefficient (Wildman–Crippen LogP) is 23.3. The van der Waals surface area contributed by atoms with Gasteiger partial charge in [0.2, 0.25) is 0 Å². The molecule has 450 valence electrons. The lowest BCUT2D eigenvalue weighted by molar-refractivity contribution is -0.167. The van der Waals surface area contributed by atoms with E-state index in [2.05, 4.69) is 69.4 Å². The van der Waals surface area contributed by atoms with E-state index in [9.17, 15) is 14.4 Å². The third-order valence-corrected chi connectivity index (χ3v) is 15.3. The zero-order chi connectivity index (χ0) is 55.7. The fraction of sp³-hybridized carbons (Fsp3) is 0.845. The molecule has 0 radical (unpaired) electrons. The van der Waals surface area contributed by atoms with Gasteiger partial charge in [0.25, 0.3) is 0 Å². The van der Waals surface area contributed by atoms with Crippen LogP contribution in [0.1, 0.15) is 367 Å². The maximum absolute atomic E-state index is 12.9. The zero-order valence-corrected chi connectivity index (χ0v) is 51.7. The van der Waals surface area contributed by atoms with Crippen LogP contribution in [0.15, 0.2) is 48.6 Å². The molecule has 0 aliphatic heterocycles. The van der Waals surface area contributed by atoms with E-state index < -0.39 is 6.10 Å². The van der Waals surface area contributed by atoms with Crippen molar-refractivity contribution in [2.24, 2.45) is 0 Å². The number of hydrogen-bond acceptors (Lipinski definition) is 6. The van der Waals surface area contributed by atoms with E-state index in [0.29, 0.717) is 19.3 Å². The van der Waals surface area contributed by atoms with E-state index in [4.69, 9.17) is 14.2 Å². The number of hydrogen-bond donors (Lipinski definition) is 0. The Kier molecular flexibility index (Phi) is 63.6. The van der Waals surface area contributed by atoms with Crippen LogP contribution in [0, 0.1) is 0 Å². The molecule has 0 aromatic rings. The average molecular weight is 1080 g/mol. The number of carbonyl (C=O) groups excluding carboxylic acids is 3. The molecule has 0 aromatic heterocycles. The van der Waals surface area contributed by atoms with E-state index in [-0.39, 0.29) is 37.5 Å². The van der Waals surface area contributed by atoms with E-state index in [1.54, 1.807) is 0 Å². The number of unbranched alkanes of at least 4 members (excludes halogenated alkanes) is 44. The summed E-state index contributed by atoms with van der Waals surface area (Å²) in [5, 5.41) is 0. The Morgan fingerprint density at radius 2 is 0.481 bits per heavy atom. The summed E-state index contributed by atoms with van der Waals surface area (Å²) in [6.07, 6.45) is 82.8. The van der Waals surface area contributed by atoms with E-state index in [1.807, 2.05) is 0 Å². The molecule has 0 bridgehead atoms. The predicted molar refractivity (Wildman–Crippen MR) is 335 cm³/mol. The molecule has 0 aliphatic carbocycles. The highest BCUT2D eigenvalue weighted by molar-refractivity contribution is 5.71. The van der Waals surface area contributed by atoms with Crippen LogP contribution in [-0.4, -0.2) is 37.2 Å². The van der Waals surface area contributed by atoms with Crippen molar-refractivity contribution >= 4 is 17.9 Å². The molecule has 0 spiro atoms. The highest BCUT2D eigenvalue weighted by Crippen LogP contribution is 2.18. The SMILES string of the molecule is CCCCC/C=C\C/C=C\C/C=C\C/C=C\CCCC(=O)OC[C@H](COC(=O)CCCCCCCCCCCCCCCCCCCCCCC)OC(=O)CCCCCCCCCCCCCCCCCCCCCCC. The molecule has 0 saturated carbocycles. The first kappa shape index (κ1) is 74.4.